The monoisotopic (exact) mass is 363 g/mol. The summed E-state index contributed by atoms with van der Waals surface area (Å²) in [6, 6.07) is 6.80. The van der Waals surface area contributed by atoms with Crippen LogP contribution in [-0.4, -0.2) is 48.5 Å². The number of rotatable bonds is 6. The van der Waals surface area contributed by atoms with E-state index < -0.39 is 10.0 Å². The number of pyridine rings is 2. The maximum absolute atomic E-state index is 12.7. The summed E-state index contributed by atoms with van der Waals surface area (Å²) in [4.78, 5) is 8.38. The summed E-state index contributed by atoms with van der Waals surface area (Å²) in [6.07, 6.45) is 3.44. The normalized spacial score (nSPS) is 18.2. The van der Waals surface area contributed by atoms with E-state index in [0.717, 1.165) is 5.69 Å². The Morgan fingerprint density at radius 3 is 2.68 bits per heavy atom. The maximum Gasteiger partial charge on any atom is 0.244 e. The average molecular weight is 363 g/mol. The summed E-state index contributed by atoms with van der Waals surface area (Å²) in [6.45, 7) is 4.96. The predicted octanol–water partition coefficient (Wildman–Crippen LogP) is 2.03. The fourth-order valence-electron chi connectivity index (χ4n) is 2.63. The number of nitrogens with zero attached hydrogens (tertiary/aromatic N) is 3. The van der Waals surface area contributed by atoms with Gasteiger partial charge in [-0.25, -0.2) is 13.4 Å². The average Bonchev–Trinajstić information content (AvgIpc) is 3.07. The summed E-state index contributed by atoms with van der Waals surface area (Å²) in [5.74, 6) is 1.06. The molecule has 134 valence electrons. The molecule has 0 amide bonds. The van der Waals surface area contributed by atoms with Gasteiger partial charge in [-0.05, 0) is 38.5 Å². The van der Waals surface area contributed by atoms with E-state index in [1.807, 2.05) is 26.0 Å². The Balaban J connectivity index is 1.66. The molecule has 0 aliphatic carbocycles. The number of sulfonamides is 1. The summed E-state index contributed by atoms with van der Waals surface area (Å²) in [7, 11) is -3.58. The molecule has 8 heteroatoms. The van der Waals surface area contributed by atoms with Gasteiger partial charge in [-0.1, -0.05) is 0 Å². The molecule has 1 aliphatic heterocycles. The van der Waals surface area contributed by atoms with Crippen molar-refractivity contribution in [3.8, 4) is 11.6 Å². The van der Waals surface area contributed by atoms with Gasteiger partial charge in [-0.3, -0.25) is 4.98 Å². The molecule has 1 fully saturated rings. The van der Waals surface area contributed by atoms with Crippen LogP contribution >= 0.6 is 0 Å². The molecule has 0 N–H and O–H groups in total. The number of hydrogen-bond donors (Lipinski definition) is 0. The highest BCUT2D eigenvalue weighted by molar-refractivity contribution is 7.89. The molecule has 25 heavy (non-hydrogen) atoms. The quantitative estimate of drug-likeness (QED) is 0.781. The summed E-state index contributed by atoms with van der Waals surface area (Å²) in [5, 5.41) is 0. The minimum atomic E-state index is -3.58. The van der Waals surface area contributed by atoms with E-state index in [2.05, 4.69) is 9.97 Å². The van der Waals surface area contributed by atoms with E-state index in [-0.39, 0.29) is 11.0 Å². The third-order valence-electron chi connectivity index (χ3n) is 3.93. The van der Waals surface area contributed by atoms with Crippen LogP contribution in [0.1, 0.15) is 19.0 Å². The number of aromatic nitrogens is 2. The highest BCUT2D eigenvalue weighted by atomic mass is 32.2. The Labute approximate surface area is 147 Å². The van der Waals surface area contributed by atoms with Gasteiger partial charge in [0.2, 0.25) is 15.9 Å². The molecule has 0 spiro atoms. The van der Waals surface area contributed by atoms with Gasteiger partial charge in [0.05, 0.1) is 25.5 Å². The van der Waals surface area contributed by atoms with Gasteiger partial charge in [-0.2, -0.15) is 4.31 Å². The first-order chi connectivity index (χ1) is 12.0. The standard InChI is InChI=1S/C17H21N3O4S/c1-3-23-17-7-6-16(11-19-17)25(21,22)20-9-8-15(12-20)24-14-5-4-13(2)18-10-14/h4-7,10-11,15H,3,8-9,12H2,1-2H3. The van der Waals surface area contributed by atoms with Gasteiger partial charge in [0.1, 0.15) is 16.7 Å². The van der Waals surface area contributed by atoms with Gasteiger partial charge in [0, 0.05) is 18.3 Å². The molecule has 1 aliphatic rings. The summed E-state index contributed by atoms with van der Waals surface area (Å²) in [5.41, 5.74) is 0.908. The third-order valence-corrected chi connectivity index (χ3v) is 5.78. The molecule has 0 aromatic carbocycles. The highest BCUT2D eigenvalue weighted by Gasteiger charge is 2.33. The van der Waals surface area contributed by atoms with E-state index >= 15 is 0 Å². The van der Waals surface area contributed by atoms with Crippen molar-refractivity contribution in [1.82, 2.24) is 14.3 Å². The zero-order chi connectivity index (χ0) is 17.9. The van der Waals surface area contributed by atoms with Gasteiger partial charge in [0.25, 0.3) is 0 Å². The topological polar surface area (TPSA) is 81.6 Å². The fraction of sp³-hybridized carbons (Fsp3) is 0.412. The lowest BCUT2D eigenvalue weighted by molar-refractivity contribution is 0.214. The van der Waals surface area contributed by atoms with E-state index in [1.165, 1.54) is 16.6 Å². The van der Waals surface area contributed by atoms with E-state index in [4.69, 9.17) is 9.47 Å². The molecule has 3 heterocycles. The lowest BCUT2D eigenvalue weighted by Crippen LogP contribution is -2.31. The Morgan fingerprint density at radius 2 is 2.04 bits per heavy atom. The second-order valence-electron chi connectivity index (χ2n) is 5.79. The van der Waals surface area contributed by atoms with Crippen molar-refractivity contribution in [2.45, 2.75) is 31.3 Å². The lowest BCUT2D eigenvalue weighted by atomic mass is 10.3. The summed E-state index contributed by atoms with van der Waals surface area (Å²) < 4.78 is 38.0. The van der Waals surface area contributed by atoms with Crippen molar-refractivity contribution < 1.29 is 17.9 Å². The molecule has 1 atom stereocenters. The zero-order valence-corrected chi connectivity index (χ0v) is 15.1. The molecule has 0 saturated carbocycles. The van der Waals surface area contributed by atoms with Crippen LogP contribution in [0.3, 0.4) is 0 Å². The number of hydrogen-bond acceptors (Lipinski definition) is 6. The van der Waals surface area contributed by atoms with Crippen LogP contribution in [0.4, 0.5) is 0 Å². The molecule has 1 saturated heterocycles. The molecule has 7 nitrogen and oxygen atoms in total. The van der Waals surface area contributed by atoms with E-state index in [9.17, 15) is 8.42 Å². The maximum atomic E-state index is 12.7. The second kappa shape index (κ2) is 7.37. The fourth-order valence-corrected chi connectivity index (χ4v) is 4.06. The second-order valence-corrected chi connectivity index (χ2v) is 7.73. The molecule has 2 aromatic rings. The number of ether oxygens (including phenoxy) is 2. The van der Waals surface area contributed by atoms with Crippen LogP contribution in [0, 0.1) is 6.92 Å². The van der Waals surface area contributed by atoms with Gasteiger partial charge in [0.15, 0.2) is 0 Å². The van der Waals surface area contributed by atoms with Crippen LogP contribution in [0.2, 0.25) is 0 Å². The highest BCUT2D eigenvalue weighted by Crippen LogP contribution is 2.24. The molecule has 0 bridgehead atoms. The smallest absolute Gasteiger partial charge is 0.244 e. The van der Waals surface area contributed by atoms with Crippen molar-refractivity contribution in [1.29, 1.82) is 0 Å². The van der Waals surface area contributed by atoms with E-state index in [0.29, 0.717) is 37.7 Å². The SMILES string of the molecule is CCOc1ccc(S(=O)(=O)N2CCC(Oc3ccc(C)nc3)C2)cn1. The number of aryl methyl sites for hydroxylation is 1. The van der Waals surface area contributed by atoms with Crippen molar-refractivity contribution >= 4 is 10.0 Å². The largest absolute Gasteiger partial charge is 0.487 e. The minimum Gasteiger partial charge on any atom is -0.487 e. The van der Waals surface area contributed by atoms with E-state index in [1.54, 1.807) is 12.3 Å². The Morgan fingerprint density at radius 1 is 1.20 bits per heavy atom. The van der Waals surface area contributed by atoms with Gasteiger partial charge in [-0.15, -0.1) is 0 Å². The first-order valence-electron chi connectivity index (χ1n) is 8.17. The van der Waals surface area contributed by atoms with Crippen molar-refractivity contribution in [3.63, 3.8) is 0 Å². The lowest BCUT2D eigenvalue weighted by Gasteiger charge is -2.17. The van der Waals surface area contributed by atoms with Crippen LogP contribution in [0.25, 0.3) is 0 Å². The Kier molecular flexibility index (Phi) is 5.19. The van der Waals surface area contributed by atoms with Gasteiger partial charge < -0.3 is 9.47 Å². The molecule has 1 unspecified atom stereocenters. The zero-order valence-electron chi connectivity index (χ0n) is 14.3. The first-order valence-corrected chi connectivity index (χ1v) is 9.61. The van der Waals surface area contributed by atoms with Crippen molar-refractivity contribution in [3.05, 3.63) is 42.4 Å². The first kappa shape index (κ1) is 17.6. The molecule has 3 rings (SSSR count). The van der Waals surface area contributed by atoms with Crippen LogP contribution in [0.5, 0.6) is 11.6 Å². The van der Waals surface area contributed by atoms with Crippen molar-refractivity contribution in [2.24, 2.45) is 0 Å². The van der Waals surface area contributed by atoms with Gasteiger partial charge >= 0.3 is 0 Å². The van der Waals surface area contributed by atoms with Crippen molar-refractivity contribution in [2.75, 3.05) is 19.7 Å². The molecule has 2 aromatic heterocycles. The molecular weight excluding hydrogens is 342 g/mol. The van der Waals surface area contributed by atoms with Crippen LogP contribution in [0.15, 0.2) is 41.6 Å². The van der Waals surface area contributed by atoms with Crippen LogP contribution < -0.4 is 9.47 Å². The Bertz CT molecular complexity index is 807. The van der Waals surface area contributed by atoms with Crippen LogP contribution in [-0.2, 0) is 10.0 Å². The third kappa shape index (κ3) is 4.08. The summed E-state index contributed by atoms with van der Waals surface area (Å²) >= 11 is 0. The predicted molar refractivity (Wildman–Crippen MR) is 92.2 cm³/mol. The molecule has 0 radical (unpaired) electrons. The molecular formula is C17H21N3O4S. The minimum absolute atomic E-state index is 0.161. The Hall–Kier alpha value is -2.19.